The summed E-state index contributed by atoms with van der Waals surface area (Å²) in [6.45, 7) is 3.55. The molecule has 1 aromatic rings. The molecule has 2 N–H and O–H groups in total. The molecule has 1 aliphatic rings. The Balaban J connectivity index is 2.20. The van der Waals surface area contributed by atoms with Crippen molar-refractivity contribution in [2.24, 2.45) is 5.73 Å². The third-order valence-corrected chi connectivity index (χ3v) is 3.14. The summed E-state index contributed by atoms with van der Waals surface area (Å²) in [6, 6.07) is 7.97. The van der Waals surface area contributed by atoms with E-state index in [1.807, 2.05) is 29.2 Å². The molecule has 1 aromatic carbocycles. The van der Waals surface area contributed by atoms with Gasteiger partial charge in [0.25, 0.3) is 5.91 Å². The van der Waals surface area contributed by atoms with Crippen LogP contribution in [0.4, 0.5) is 0 Å². The first kappa shape index (κ1) is 11.1. The molecule has 86 valence electrons. The molecule has 3 nitrogen and oxygen atoms in total. The van der Waals surface area contributed by atoms with E-state index in [0.717, 1.165) is 30.5 Å². The van der Waals surface area contributed by atoms with Crippen molar-refractivity contribution in [1.82, 2.24) is 4.90 Å². The second-order valence-electron chi connectivity index (χ2n) is 4.31. The highest BCUT2D eigenvalue weighted by atomic mass is 16.2. The van der Waals surface area contributed by atoms with Crippen LogP contribution in [0.25, 0.3) is 0 Å². The van der Waals surface area contributed by atoms with E-state index in [9.17, 15) is 4.79 Å². The predicted molar refractivity (Wildman–Crippen MR) is 64.3 cm³/mol. The van der Waals surface area contributed by atoms with E-state index in [-0.39, 0.29) is 11.9 Å². The Morgan fingerprint density at radius 1 is 1.50 bits per heavy atom. The fraction of sp³-hybridized carbons (Fsp3) is 0.462. The maximum Gasteiger partial charge on any atom is 0.254 e. The minimum atomic E-state index is 0.130. The molecule has 2 rings (SSSR count). The number of likely N-dealkylation sites (tertiary alicyclic amines) is 1. The first-order valence-electron chi connectivity index (χ1n) is 5.85. The molecule has 1 aliphatic heterocycles. The third-order valence-electron chi connectivity index (χ3n) is 3.14. The molecule has 0 radical (unpaired) electrons. The van der Waals surface area contributed by atoms with Gasteiger partial charge in [0.05, 0.1) is 0 Å². The summed E-state index contributed by atoms with van der Waals surface area (Å²) in [7, 11) is 0. The highest BCUT2D eigenvalue weighted by Crippen LogP contribution is 2.16. The Labute approximate surface area is 96.2 Å². The zero-order valence-electron chi connectivity index (χ0n) is 9.65. The van der Waals surface area contributed by atoms with Gasteiger partial charge in [-0.05, 0) is 24.5 Å². The van der Waals surface area contributed by atoms with Gasteiger partial charge >= 0.3 is 0 Å². The first-order chi connectivity index (χ1) is 7.72. The fourth-order valence-electron chi connectivity index (χ4n) is 2.18. The monoisotopic (exact) mass is 218 g/mol. The van der Waals surface area contributed by atoms with Crippen molar-refractivity contribution in [2.45, 2.75) is 25.8 Å². The van der Waals surface area contributed by atoms with E-state index in [4.69, 9.17) is 5.73 Å². The average molecular weight is 218 g/mol. The van der Waals surface area contributed by atoms with Gasteiger partial charge in [-0.3, -0.25) is 4.79 Å². The molecule has 1 unspecified atom stereocenters. The normalized spacial score (nSPS) is 20.1. The second-order valence-corrected chi connectivity index (χ2v) is 4.31. The van der Waals surface area contributed by atoms with Crippen molar-refractivity contribution in [1.29, 1.82) is 0 Å². The van der Waals surface area contributed by atoms with Crippen LogP contribution < -0.4 is 5.73 Å². The lowest BCUT2D eigenvalue weighted by molar-refractivity contribution is 0.0790. The van der Waals surface area contributed by atoms with E-state index < -0.39 is 0 Å². The SMILES string of the molecule is CCc1ccccc1C(=O)N1CCC(N)C1. The van der Waals surface area contributed by atoms with Crippen LogP contribution in [0.5, 0.6) is 0 Å². The maximum absolute atomic E-state index is 12.2. The van der Waals surface area contributed by atoms with Gasteiger partial charge in [-0.25, -0.2) is 0 Å². The van der Waals surface area contributed by atoms with Crippen LogP contribution in [0.2, 0.25) is 0 Å². The Morgan fingerprint density at radius 3 is 2.88 bits per heavy atom. The van der Waals surface area contributed by atoms with Gasteiger partial charge in [0, 0.05) is 24.7 Å². The number of benzene rings is 1. The van der Waals surface area contributed by atoms with E-state index in [2.05, 4.69) is 6.92 Å². The highest BCUT2D eigenvalue weighted by Gasteiger charge is 2.25. The number of rotatable bonds is 2. The molecule has 0 aromatic heterocycles. The molecular formula is C13H18N2O. The molecule has 1 amide bonds. The number of amides is 1. The summed E-state index contributed by atoms with van der Waals surface area (Å²) in [5, 5.41) is 0. The molecule has 0 spiro atoms. The Hall–Kier alpha value is -1.35. The van der Waals surface area contributed by atoms with E-state index in [1.54, 1.807) is 0 Å². The number of carbonyl (C=O) groups excluding carboxylic acids is 1. The first-order valence-corrected chi connectivity index (χ1v) is 5.85. The van der Waals surface area contributed by atoms with Gasteiger partial charge in [0.15, 0.2) is 0 Å². The molecule has 1 fully saturated rings. The van der Waals surface area contributed by atoms with Gasteiger partial charge in [0.2, 0.25) is 0 Å². The highest BCUT2D eigenvalue weighted by molar-refractivity contribution is 5.95. The number of hydrogen-bond donors (Lipinski definition) is 1. The number of hydrogen-bond acceptors (Lipinski definition) is 2. The lowest BCUT2D eigenvalue weighted by Gasteiger charge is -2.17. The van der Waals surface area contributed by atoms with Gasteiger partial charge in [-0.1, -0.05) is 25.1 Å². The largest absolute Gasteiger partial charge is 0.337 e. The minimum absolute atomic E-state index is 0.130. The smallest absolute Gasteiger partial charge is 0.254 e. The number of nitrogens with two attached hydrogens (primary N) is 1. The number of carbonyl (C=O) groups is 1. The standard InChI is InChI=1S/C13H18N2O/c1-2-10-5-3-4-6-12(10)13(16)15-8-7-11(14)9-15/h3-6,11H,2,7-9,14H2,1H3. The summed E-state index contributed by atoms with van der Waals surface area (Å²) >= 11 is 0. The molecule has 0 saturated carbocycles. The molecule has 16 heavy (non-hydrogen) atoms. The minimum Gasteiger partial charge on any atom is -0.337 e. The average Bonchev–Trinajstić information content (AvgIpc) is 2.75. The van der Waals surface area contributed by atoms with Crippen LogP contribution in [0.3, 0.4) is 0 Å². The molecular weight excluding hydrogens is 200 g/mol. The molecule has 1 heterocycles. The van der Waals surface area contributed by atoms with Crippen molar-refractivity contribution in [3.05, 3.63) is 35.4 Å². The second kappa shape index (κ2) is 4.66. The summed E-state index contributed by atoms with van der Waals surface area (Å²) in [5.74, 6) is 0.130. The Morgan fingerprint density at radius 2 is 2.25 bits per heavy atom. The fourth-order valence-corrected chi connectivity index (χ4v) is 2.18. The Bertz CT molecular complexity index is 389. The van der Waals surface area contributed by atoms with E-state index in [0.29, 0.717) is 6.54 Å². The van der Waals surface area contributed by atoms with Crippen LogP contribution in [0.1, 0.15) is 29.3 Å². The van der Waals surface area contributed by atoms with Gasteiger partial charge in [-0.2, -0.15) is 0 Å². The zero-order chi connectivity index (χ0) is 11.5. The van der Waals surface area contributed by atoms with Gasteiger partial charge in [0.1, 0.15) is 0 Å². The maximum atomic E-state index is 12.2. The Kier molecular flexibility index (Phi) is 3.25. The van der Waals surface area contributed by atoms with Crippen LogP contribution in [-0.2, 0) is 6.42 Å². The topological polar surface area (TPSA) is 46.3 Å². The van der Waals surface area contributed by atoms with Gasteiger partial charge in [-0.15, -0.1) is 0 Å². The lowest BCUT2D eigenvalue weighted by atomic mass is 10.0. The van der Waals surface area contributed by atoms with Crippen molar-refractivity contribution in [3.8, 4) is 0 Å². The summed E-state index contributed by atoms with van der Waals surface area (Å²) in [6.07, 6.45) is 1.81. The molecule has 3 heteroatoms. The molecule has 0 bridgehead atoms. The van der Waals surface area contributed by atoms with Crippen LogP contribution >= 0.6 is 0 Å². The zero-order valence-corrected chi connectivity index (χ0v) is 9.65. The summed E-state index contributed by atoms with van der Waals surface area (Å²) in [4.78, 5) is 14.1. The van der Waals surface area contributed by atoms with E-state index in [1.165, 1.54) is 0 Å². The number of aryl methyl sites for hydroxylation is 1. The van der Waals surface area contributed by atoms with Crippen LogP contribution in [0.15, 0.2) is 24.3 Å². The summed E-state index contributed by atoms with van der Waals surface area (Å²) in [5.41, 5.74) is 7.77. The number of nitrogens with zero attached hydrogens (tertiary/aromatic N) is 1. The molecule has 1 atom stereocenters. The van der Waals surface area contributed by atoms with E-state index >= 15 is 0 Å². The predicted octanol–water partition coefficient (Wildman–Crippen LogP) is 1.42. The van der Waals surface area contributed by atoms with Gasteiger partial charge < -0.3 is 10.6 Å². The van der Waals surface area contributed by atoms with Crippen molar-refractivity contribution in [3.63, 3.8) is 0 Å². The molecule has 1 saturated heterocycles. The lowest BCUT2D eigenvalue weighted by Crippen LogP contribution is -2.32. The molecule has 0 aliphatic carbocycles. The van der Waals surface area contributed by atoms with Crippen molar-refractivity contribution < 1.29 is 4.79 Å². The third kappa shape index (κ3) is 2.09. The summed E-state index contributed by atoms with van der Waals surface area (Å²) < 4.78 is 0. The van der Waals surface area contributed by atoms with Crippen molar-refractivity contribution >= 4 is 5.91 Å². The van der Waals surface area contributed by atoms with Crippen molar-refractivity contribution in [2.75, 3.05) is 13.1 Å². The van der Waals surface area contributed by atoms with Crippen LogP contribution in [0, 0.1) is 0 Å². The quantitative estimate of drug-likeness (QED) is 0.816. The van der Waals surface area contributed by atoms with Crippen LogP contribution in [-0.4, -0.2) is 29.9 Å².